The summed E-state index contributed by atoms with van der Waals surface area (Å²) >= 11 is 9.67. The standard InChI is InChI=1S/C13H15BrClN3/c1-3-16-12(9-4-6-10(14)7-5-9)13-11(15)8-17-18(13)2/h4-8,12,16H,3H2,1-2H3. The maximum Gasteiger partial charge on any atom is 0.0837 e. The molecule has 1 N–H and O–H groups in total. The SMILES string of the molecule is CCNC(c1ccc(Br)cc1)c1c(Cl)cnn1C. The number of aromatic nitrogens is 2. The van der Waals surface area contributed by atoms with E-state index in [0.29, 0.717) is 5.02 Å². The summed E-state index contributed by atoms with van der Waals surface area (Å²) in [6.45, 7) is 2.94. The molecule has 1 aromatic heterocycles. The number of hydrogen-bond donors (Lipinski definition) is 1. The van der Waals surface area contributed by atoms with Gasteiger partial charge in [-0.25, -0.2) is 0 Å². The van der Waals surface area contributed by atoms with Gasteiger partial charge in [0.1, 0.15) is 0 Å². The number of nitrogens with zero attached hydrogens (tertiary/aromatic N) is 2. The predicted octanol–water partition coefficient (Wildman–Crippen LogP) is 3.53. The molecule has 1 unspecified atom stereocenters. The highest BCUT2D eigenvalue weighted by Crippen LogP contribution is 2.28. The van der Waals surface area contributed by atoms with Gasteiger partial charge >= 0.3 is 0 Å². The maximum absolute atomic E-state index is 6.22. The fraction of sp³-hybridized carbons (Fsp3) is 0.308. The number of benzene rings is 1. The molecule has 0 amide bonds. The highest BCUT2D eigenvalue weighted by Gasteiger charge is 2.19. The van der Waals surface area contributed by atoms with Gasteiger partial charge in [-0.2, -0.15) is 5.10 Å². The Hall–Kier alpha value is -0.840. The lowest BCUT2D eigenvalue weighted by Crippen LogP contribution is -2.24. The van der Waals surface area contributed by atoms with E-state index in [-0.39, 0.29) is 6.04 Å². The van der Waals surface area contributed by atoms with Crippen LogP contribution in [0.3, 0.4) is 0 Å². The van der Waals surface area contributed by atoms with Crippen molar-refractivity contribution in [1.82, 2.24) is 15.1 Å². The number of hydrogen-bond acceptors (Lipinski definition) is 2. The van der Waals surface area contributed by atoms with E-state index in [9.17, 15) is 0 Å². The molecule has 0 fully saturated rings. The van der Waals surface area contributed by atoms with E-state index in [4.69, 9.17) is 11.6 Å². The third kappa shape index (κ3) is 2.76. The minimum Gasteiger partial charge on any atom is -0.305 e. The predicted molar refractivity (Wildman–Crippen MR) is 77.9 cm³/mol. The van der Waals surface area contributed by atoms with Crippen LogP contribution in [0.15, 0.2) is 34.9 Å². The topological polar surface area (TPSA) is 29.9 Å². The molecule has 2 rings (SSSR count). The number of halogens is 2. The molecule has 1 aromatic carbocycles. The number of rotatable bonds is 4. The molecule has 1 atom stereocenters. The van der Waals surface area contributed by atoms with Gasteiger partial charge in [-0.3, -0.25) is 4.68 Å². The Morgan fingerprint density at radius 3 is 2.56 bits per heavy atom. The summed E-state index contributed by atoms with van der Waals surface area (Å²) in [5.41, 5.74) is 2.16. The highest BCUT2D eigenvalue weighted by atomic mass is 79.9. The van der Waals surface area contributed by atoms with Crippen molar-refractivity contribution in [3.63, 3.8) is 0 Å². The zero-order valence-corrected chi connectivity index (χ0v) is 12.7. The Balaban J connectivity index is 2.43. The zero-order chi connectivity index (χ0) is 13.1. The second-order valence-corrected chi connectivity index (χ2v) is 5.37. The molecule has 0 aliphatic rings. The molecule has 96 valence electrons. The first kappa shape index (κ1) is 13.6. The van der Waals surface area contributed by atoms with E-state index in [1.807, 2.05) is 23.9 Å². The molecule has 0 aliphatic heterocycles. The van der Waals surface area contributed by atoms with E-state index in [0.717, 1.165) is 16.7 Å². The van der Waals surface area contributed by atoms with Gasteiger partial charge in [0.15, 0.2) is 0 Å². The Morgan fingerprint density at radius 1 is 1.39 bits per heavy atom. The fourth-order valence-electron chi connectivity index (χ4n) is 1.98. The first-order valence-electron chi connectivity index (χ1n) is 5.79. The van der Waals surface area contributed by atoms with Gasteiger partial charge in [0.25, 0.3) is 0 Å². The van der Waals surface area contributed by atoms with E-state index in [1.54, 1.807) is 6.20 Å². The van der Waals surface area contributed by atoms with Crippen LogP contribution >= 0.6 is 27.5 Å². The van der Waals surface area contributed by atoms with Crippen molar-refractivity contribution in [2.24, 2.45) is 7.05 Å². The van der Waals surface area contributed by atoms with Gasteiger partial charge < -0.3 is 5.32 Å². The van der Waals surface area contributed by atoms with Gasteiger partial charge in [-0.05, 0) is 24.2 Å². The van der Waals surface area contributed by atoms with E-state index in [2.05, 4.69) is 45.4 Å². The third-order valence-corrected chi connectivity index (χ3v) is 3.64. The molecular weight excluding hydrogens is 314 g/mol. The number of aryl methyl sites for hydroxylation is 1. The van der Waals surface area contributed by atoms with Crippen LogP contribution in [0.4, 0.5) is 0 Å². The second-order valence-electron chi connectivity index (χ2n) is 4.04. The molecule has 18 heavy (non-hydrogen) atoms. The second kappa shape index (κ2) is 5.87. The molecule has 0 saturated heterocycles. The van der Waals surface area contributed by atoms with Crippen molar-refractivity contribution in [3.8, 4) is 0 Å². The summed E-state index contributed by atoms with van der Waals surface area (Å²) in [6.07, 6.45) is 1.68. The van der Waals surface area contributed by atoms with Gasteiger partial charge in [-0.1, -0.05) is 46.6 Å². The summed E-state index contributed by atoms with van der Waals surface area (Å²) in [5, 5.41) is 8.33. The molecule has 5 heteroatoms. The van der Waals surface area contributed by atoms with Crippen molar-refractivity contribution in [2.45, 2.75) is 13.0 Å². The lowest BCUT2D eigenvalue weighted by Gasteiger charge is -2.19. The van der Waals surface area contributed by atoms with Crippen LogP contribution < -0.4 is 5.32 Å². The quantitative estimate of drug-likeness (QED) is 0.930. The summed E-state index contributed by atoms with van der Waals surface area (Å²) in [5.74, 6) is 0. The van der Waals surface area contributed by atoms with Gasteiger partial charge in [-0.15, -0.1) is 0 Å². The molecule has 0 radical (unpaired) electrons. The van der Waals surface area contributed by atoms with Crippen molar-refractivity contribution in [2.75, 3.05) is 6.54 Å². The lowest BCUT2D eigenvalue weighted by atomic mass is 10.0. The van der Waals surface area contributed by atoms with Crippen LogP contribution in [0.1, 0.15) is 24.2 Å². The lowest BCUT2D eigenvalue weighted by molar-refractivity contribution is 0.573. The molecular formula is C13H15BrClN3. The van der Waals surface area contributed by atoms with Crippen molar-refractivity contribution < 1.29 is 0 Å². The molecule has 0 saturated carbocycles. The van der Waals surface area contributed by atoms with Crippen molar-refractivity contribution in [1.29, 1.82) is 0 Å². The Morgan fingerprint density at radius 2 is 2.06 bits per heavy atom. The van der Waals surface area contributed by atoms with E-state index < -0.39 is 0 Å². The maximum atomic E-state index is 6.22. The summed E-state index contributed by atoms with van der Waals surface area (Å²) < 4.78 is 2.88. The first-order chi connectivity index (χ1) is 8.63. The van der Waals surface area contributed by atoms with Crippen LogP contribution in [0.25, 0.3) is 0 Å². The Labute approximate surface area is 120 Å². The Bertz CT molecular complexity index is 502. The van der Waals surface area contributed by atoms with Crippen LogP contribution in [0, 0.1) is 0 Å². The van der Waals surface area contributed by atoms with Crippen molar-refractivity contribution >= 4 is 27.5 Å². The smallest absolute Gasteiger partial charge is 0.0837 e. The fourth-order valence-corrected chi connectivity index (χ4v) is 2.52. The van der Waals surface area contributed by atoms with Gasteiger partial charge in [0.05, 0.1) is 23.0 Å². The number of nitrogens with one attached hydrogen (secondary N) is 1. The Kier molecular flexibility index (Phi) is 4.43. The third-order valence-electron chi connectivity index (χ3n) is 2.82. The summed E-state index contributed by atoms with van der Waals surface area (Å²) in [6, 6.07) is 8.29. The van der Waals surface area contributed by atoms with Crippen LogP contribution in [-0.2, 0) is 7.05 Å². The minimum atomic E-state index is 0.0584. The average Bonchev–Trinajstić information content (AvgIpc) is 2.68. The van der Waals surface area contributed by atoms with Gasteiger partial charge in [0.2, 0.25) is 0 Å². The summed E-state index contributed by atoms with van der Waals surface area (Å²) in [4.78, 5) is 0. The zero-order valence-electron chi connectivity index (χ0n) is 10.3. The molecule has 2 aromatic rings. The minimum absolute atomic E-state index is 0.0584. The van der Waals surface area contributed by atoms with E-state index in [1.165, 1.54) is 5.56 Å². The molecule has 3 nitrogen and oxygen atoms in total. The van der Waals surface area contributed by atoms with Crippen LogP contribution in [-0.4, -0.2) is 16.3 Å². The van der Waals surface area contributed by atoms with Crippen LogP contribution in [0.5, 0.6) is 0 Å². The first-order valence-corrected chi connectivity index (χ1v) is 6.96. The summed E-state index contributed by atoms with van der Waals surface area (Å²) in [7, 11) is 1.91. The van der Waals surface area contributed by atoms with Gasteiger partial charge in [0, 0.05) is 11.5 Å². The van der Waals surface area contributed by atoms with E-state index >= 15 is 0 Å². The average molecular weight is 329 g/mol. The molecule has 0 bridgehead atoms. The normalized spacial score (nSPS) is 12.7. The largest absolute Gasteiger partial charge is 0.305 e. The molecule has 0 spiro atoms. The monoisotopic (exact) mass is 327 g/mol. The highest BCUT2D eigenvalue weighted by molar-refractivity contribution is 9.10. The van der Waals surface area contributed by atoms with Crippen molar-refractivity contribution in [3.05, 3.63) is 51.2 Å². The van der Waals surface area contributed by atoms with Crippen LogP contribution in [0.2, 0.25) is 5.02 Å². The molecule has 0 aliphatic carbocycles. The molecule has 1 heterocycles.